The van der Waals surface area contributed by atoms with Crippen LogP contribution in [0.25, 0.3) is 0 Å². The standard InChI is InChI=1S/CH30BP27/c2-17-28(25(11)12)20(29(26(13)14)27(15)16)1(18(21(3)4)22(5)6)19(23(7)8)24(9)10/h1,17H,3-16H2. The Balaban J connectivity index is 6.97. The molecule has 17 unspecified atom stereocenters. The van der Waals surface area contributed by atoms with E-state index in [2.05, 4.69) is 125 Å². The zero-order chi connectivity index (χ0) is 23.2. The van der Waals surface area contributed by atoms with Crippen molar-refractivity contribution in [2.45, 2.75) is 5.14 Å². The van der Waals surface area contributed by atoms with Crippen LogP contribution in [0.2, 0.25) is 0 Å². The molecule has 0 aliphatic heterocycles. The molecule has 172 valence electrons. The van der Waals surface area contributed by atoms with Crippen LogP contribution in [-0.2, 0) is 0 Å². The third-order valence-electron chi connectivity index (χ3n) is 2.69. The highest BCUT2D eigenvalue weighted by molar-refractivity contribution is 9.23. The van der Waals surface area contributed by atoms with Crippen LogP contribution in [0.3, 0.4) is 0 Å². The summed E-state index contributed by atoms with van der Waals surface area (Å²) in [7, 11) is 52.3. The fraction of sp³-hybridized carbons (Fsp3) is 1.00. The average Bonchev–Trinajstić information content (AvgIpc) is 2.51. The van der Waals surface area contributed by atoms with Gasteiger partial charge in [-0.05, 0) is 84.8 Å². The van der Waals surface area contributed by atoms with Crippen LogP contribution in [0.15, 0.2) is 0 Å². The summed E-state index contributed by atoms with van der Waals surface area (Å²) in [5.41, 5.74) is 0. The first-order valence-electron chi connectivity index (χ1n) is 6.70. The van der Waals surface area contributed by atoms with Gasteiger partial charge in [-0.1, -0.05) is 0 Å². The minimum atomic E-state index is -0.135. The van der Waals surface area contributed by atoms with Gasteiger partial charge in [0.2, 0.25) is 0 Å². The van der Waals surface area contributed by atoms with E-state index in [4.69, 9.17) is 7.57 Å². The van der Waals surface area contributed by atoms with E-state index < -0.39 is 0 Å². The minimum absolute atomic E-state index is 0.0317. The second-order valence-corrected chi connectivity index (χ2v) is 105. The Labute approximate surface area is 228 Å². The molecule has 17 atom stereocenters. The maximum absolute atomic E-state index is 6.61. The average molecular weight is 889 g/mol. The maximum atomic E-state index is 6.61. The van der Waals surface area contributed by atoms with E-state index in [-0.39, 0.29) is 84.8 Å². The Morgan fingerprint density at radius 2 is 0.759 bits per heavy atom. The molecule has 2 radical (unpaired) electrons. The zero-order valence-electron chi connectivity index (χ0n) is 15.1. The molecule has 0 bridgehead atoms. The second-order valence-electron chi connectivity index (χ2n) is 4.65. The van der Waals surface area contributed by atoms with Crippen molar-refractivity contribution in [1.82, 2.24) is 0 Å². The van der Waals surface area contributed by atoms with Gasteiger partial charge in [0.15, 0.2) is 0 Å². The maximum Gasteiger partial charge on any atom is 0.111 e. The van der Waals surface area contributed by atoms with Crippen LogP contribution in [0.1, 0.15) is 0 Å². The van der Waals surface area contributed by atoms with Gasteiger partial charge in [-0.15, -0.1) is 133 Å². The molecule has 0 aromatic heterocycles. The predicted octanol–water partition coefficient (Wildman–Crippen LogP) is 15.0. The van der Waals surface area contributed by atoms with Crippen LogP contribution in [0.4, 0.5) is 0 Å². The van der Waals surface area contributed by atoms with Crippen LogP contribution < -0.4 is 0 Å². The molecule has 0 aromatic rings. The smallest absolute Gasteiger partial charge is 0.111 e. The van der Waals surface area contributed by atoms with Gasteiger partial charge in [-0.3, -0.25) is 0 Å². The highest BCUT2D eigenvalue weighted by Gasteiger charge is 2.49. The summed E-state index contributed by atoms with van der Waals surface area (Å²) < 4.78 is 0. The third-order valence-corrected chi connectivity index (χ3v) is 138. The second kappa shape index (κ2) is 22.2. The largest absolute Gasteiger partial charge is 0.137 e. The summed E-state index contributed by atoms with van der Waals surface area (Å²) >= 11 is 0. The van der Waals surface area contributed by atoms with E-state index >= 15 is 0 Å². The molecule has 0 amide bonds. The normalized spacial score (nSPS) is 16.3. The molecule has 0 heterocycles. The van der Waals surface area contributed by atoms with Crippen molar-refractivity contribution in [2.24, 2.45) is 0 Å². The molecule has 0 N–H and O–H groups in total. The Morgan fingerprint density at radius 3 is 0.931 bits per heavy atom. The molecule has 0 aliphatic carbocycles. The molecule has 0 spiro atoms. The zero-order valence-corrected chi connectivity index (χ0v) is 43.0. The highest BCUT2D eigenvalue weighted by atomic mass is 33.2. The van der Waals surface area contributed by atoms with E-state index in [0.717, 1.165) is 5.14 Å². The SMILES string of the molecule is [B]PP(P(P)P)P(C(P(P(P)P)P(P)P)P(P(P)P)P(P)P)P(P(P)P)P(P)P. The molecule has 0 aromatic carbocycles. The topological polar surface area (TPSA) is 0 Å². The van der Waals surface area contributed by atoms with Crippen molar-refractivity contribution >= 4 is 225 Å². The lowest BCUT2D eigenvalue weighted by atomic mass is 10.8. The number of hydrogen-bond donors (Lipinski definition) is 0. The van der Waals surface area contributed by atoms with Gasteiger partial charge in [-0.2, -0.15) is 0 Å². The molecular formula is CH30BP27. The van der Waals surface area contributed by atoms with Gasteiger partial charge >= 0.3 is 0 Å². The van der Waals surface area contributed by atoms with Crippen molar-refractivity contribution in [3.63, 3.8) is 0 Å². The molecule has 0 fully saturated rings. The Hall–Kier alpha value is 11.7. The van der Waals surface area contributed by atoms with Gasteiger partial charge in [0.05, 0.1) is 0 Å². The molecule has 0 saturated carbocycles. The lowest BCUT2D eigenvalue weighted by Gasteiger charge is -2.52. The van der Waals surface area contributed by atoms with Crippen LogP contribution in [-0.4, -0.2) is 12.7 Å². The first kappa shape index (κ1) is 40.7. The van der Waals surface area contributed by atoms with Gasteiger partial charge in [0.25, 0.3) is 0 Å². The number of rotatable bonds is 13. The first-order chi connectivity index (χ1) is 13.2. The Morgan fingerprint density at radius 1 is 0.448 bits per heavy atom. The Bertz CT molecular complexity index is 380. The predicted molar refractivity (Wildman–Crippen MR) is 237 cm³/mol. The molecule has 29 heavy (non-hydrogen) atoms. The van der Waals surface area contributed by atoms with Crippen molar-refractivity contribution in [1.29, 1.82) is 0 Å². The third kappa shape index (κ3) is 14.8. The Kier molecular flexibility index (Phi) is 31.2. The summed E-state index contributed by atoms with van der Waals surface area (Å²) in [5.74, 6) is 0. The van der Waals surface area contributed by atoms with Crippen LogP contribution >= 0.6 is 218 Å². The van der Waals surface area contributed by atoms with Crippen molar-refractivity contribution in [2.75, 3.05) is 0 Å². The van der Waals surface area contributed by atoms with Gasteiger partial charge < -0.3 is 0 Å². The fourth-order valence-corrected chi connectivity index (χ4v) is 238. The summed E-state index contributed by atoms with van der Waals surface area (Å²) in [4.78, 5) is 0. The monoisotopic (exact) mass is 890 g/mol. The van der Waals surface area contributed by atoms with E-state index in [1.165, 1.54) is 0 Å². The first-order valence-corrected chi connectivity index (χ1v) is 53.9. The van der Waals surface area contributed by atoms with E-state index in [9.17, 15) is 0 Å². The van der Waals surface area contributed by atoms with E-state index in [1.54, 1.807) is 0 Å². The molecule has 0 saturated heterocycles. The van der Waals surface area contributed by atoms with E-state index in [0.29, 0.717) is 8.15 Å². The van der Waals surface area contributed by atoms with Gasteiger partial charge in [0.1, 0.15) is 7.57 Å². The summed E-state index contributed by atoms with van der Waals surface area (Å²) in [6, 6.07) is 0. The molecule has 0 rings (SSSR count). The van der Waals surface area contributed by atoms with Crippen LogP contribution in [0, 0.1) is 0 Å². The molecule has 0 nitrogen and oxygen atoms in total. The lowest BCUT2D eigenvalue weighted by Crippen LogP contribution is -1.91. The van der Waals surface area contributed by atoms with Crippen LogP contribution in [0.5, 0.6) is 0 Å². The minimum Gasteiger partial charge on any atom is -0.137 e. The quantitative estimate of drug-likeness (QED) is 0.128. The van der Waals surface area contributed by atoms with E-state index in [1.807, 2.05) is 0 Å². The highest BCUT2D eigenvalue weighted by Crippen LogP contribution is 3.25. The molecule has 0 aliphatic rings. The summed E-state index contributed by atoms with van der Waals surface area (Å²) in [5, 5.41) is 0.899. The number of hydrogen-bond acceptors (Lipinski definition) is 0. The summed E-state index contributed by atoms with van der Waals surface area (Å²) in [6.07, 6.45) is 0. The summed E-state index contributed by atoms with van der Waals surface area (Å²) in [6.45, 7) is -0.901. The molecular weight excluding hydrogens is 859 g/mol. The molecule has 28 heteroatoms. The van der Waals surface area contributed by atoms with Gasteiger partial charge in [0, 0.05) is 5.14 Å². The van der Waals surface area contributed by atoms with Crippen molar-refractivity contribution in [3.8, 4) is 0 Å². The van der Waals surface area contributed by atoms with Crippen molar-refractivity contribution in [3.05, 3.63) is 0 Å². The fourth-order valence-electron chi connectivity index (χ4n) is 1.82. The van der Waals surface area contributed by atoms with Crippen molar-refractivity contribution < 1.29 is 0 Å². The van der Waals surface area contributed by atoms with Gasteiger partial charge in [-0.25, -0.2) is 0 Å². The lowest BCUT2D eigenvalue weighted by molar-refractivity contribution is 2.05.